The van der Waals surface area contributed by atoms with Crippen molar-refractivity contribution in [1.29, 1.82) is 0 Å². The van der Waals surface area contributed by atoms with E-state index in [0.717, 1.165) is 32.7 Å². The predicted octanol–water partition coefficient (Wildman–Crippen LogP) is 4.05. The molecule has 3 aromatic carbocycles. The third kappa shape index (κ3) is 4.64. The van der Waals surface area contributed by atoms with Crippen LogP contribution in [-0.2, 0) is 16.0 Å². The number of fused-ring (bicyclic) bond motifs is 3. The Morgan fingerprint density at radius 3 is 2.18 bits per heavy atom. The Bertz CT molecular complexity index is 1190. The van der Waals surface area contributed by atoms with Crippen LogP contribution in [0, 0.1) is 0 Å². The molecule has 0 radical (unpaired) electrons. The number of carboxylic acid groups (broad SMARTS) is 1. The van der Waals surface area contributed by atoms with Crippen LogP contribution in [0.5, 0.6) is 0 Å². The minimum atomic E-state index is -1.12. The highest BCUT2D eigenvalue weighted by Crippen LogP contribution is 2.44. The normalized spacial score (nSPS) is 13.0. The first-order valence-electron chi connectivity index (χ1n) is 11.1. The summed E-state index contributed by atoms with van der Waals surface area (Å²) in [5.74, 6) is -1.78. The Morgan fingerprint density at radius 1 is 0.971 bits per heavy atom. The number of benzene rings is 3. The average Bonchev–Trinajstić information content (AvgIpc) is 3.16. The standard InChI is InChI=1S/C27H26N2O5/c1-29(24(26(31)32)14-13-17-7-6-8-18(15-17)25(28)30)27(33)34-16-23-21-11-4-2-9-19(21)20-10-3-5-12-22(20)23/h2-12,15,23-24H,13-14,16H2,1H3,(H2,28,30)(H,31,32)/t24-/m0/s1. The molecule has 1 aliphatic rings. The zero-order valence-electron chi connectivity index (χ0n) is 18.8. The van der Waals surface area contributed by atoms with Crippen LogP contribution in [-0.4, -0.2) is 47.7 Å². The van der Waals surface area contributed by atoms with Gasteiger partial charge in [-0.3, -0.25) is 9.69 Å². The molecular weight excluding hydrogens is 432 g/mol. The third-order valence-corrected chi connectivity index (χ3v) is 6.29. The topological polar surface area (TPSA) is 110 Å². The third-order valence-electron chi connectivity index (χ3n) is 6.29. The Balaban J connectivity index is 1.42. The molecular formula is C27H26N2O5. The average molecular weight is 459 g/mol. The van der Waals surface area contributed by atoms with Crippen molar-refractivity contribution in [1.82, 2.24) is 4.90 Å². The number of nitrogens with zero attached hydrogens (tertiary/aromatic N) is 1. The Morgan fingerprint density at radius 2 is 1.59 bits per heavy atom. The highest BCUT2D eigenvalue weighted by Gasteiger charge is 2.31. The molecule has 2 amide bonds. The van der Waals surface area contributed by atoms with Crippen LogP contribution in [0.25, 0.3) is 11.1 Å². The van der Waals surface area contributed by atoms with Crippen molar-refractivity contribution in [2.24, 2.45) is 5.73 Å². The second-order valence-electron chi connectivity index (χ2n) is 8.37. The van der Waals surface area contributed by atoms with E-state index in [1.165, 1.54) is 7.05 Å². The molecule has 0 spiro atoms. The lowest BCUT2D eigenvalue weighted by atomic mass is 9.98. The summed E-state index contributed by atoms with van der Waals surface area (Å²) in [6, 6.07) is 21.7. The van der Waals surface area contributed by atoms with Gasteiger partial charge in [-0.05, 0) is 52.8 Å². The van der Waals surface area contributed by atoms with Crippen molar-refractivity contribution >= 4 is 18.0 Å². The number of likely N-dealkylation sites (N-methyl/N-ethyl adjacent to an activating group) is 1. The van der Waals surface area contributed by atoms with Gasteiger partial charge in [0.05, 0.1) is 0 Å². The number of carbonyl (C=O) groups excluding carboxylic acids is 2. The van der Waals surface area contributed by atoms with Gasteiger partial charge in [0, 0.05) is 18.5 Å². The van der Waals surface area contributed by atoms with Gasteiger partial charge < -0.3 is 15.6 Å². The lowest BCUT2D eigenvalue weighted by Crippen LogP contribution is -2.43. The number of rotatable bonds is 8. The van der Waals surface area contributed by atoms with E-state index in [-0.39, 0.29) is 18.9 Å². The maximum Gasteiger partial charge on any atom is 0.410 e. The number of aliphatic carboxylic acids is 1. The Kier molecular flexibility index (Phi) is 6.63. The number of primary amides is 1. The molecule has 4 rings (SSSR count). The summed E-state index contributed by atoms with van der Waals surface area (Å²) < 4.78 is 5.60. The van der Waals surface area contributed by atoms with Gasteiger partial charge in [-0.25, -0.2) is 9.59 Å². The lowest BCUT2D eigenvalue weighted by molar-refractivity contribution is -0.142. The van der Waals surface area contributed by atoms with E-state index in [1.54, 1.807) is 24.3 Å². The number of carbonyl (C=O) groups is 3. The van der Waals surface area contributed by atoms with E-state index < -0.39 is 24.0 Å². The molecule has 0 saturated heterocycles. The van der Waals surface area contributed by atoms with Crippen molar-refractivity contribution in [2.75, 3.05) is 13.7 Å². The smallest absolute Gasteiger partial charge is 0.410 e. The van der Waals surface area contributed by atoms with E-state index in [9.17, 15) is 19.5 Å². The first kappa shape index (κ1) is 23.0. The first-order valence-corrected chi connectivity index (χ1v) is 11.1. The van der Waals surface area contributed by atoms with Crippen molar-refractivity contribution in [3.8, 4) is 11.1 Å². The van der Waals surface area contributed by atoms with Crippen molar-refractivity contribution in [3.05, 3.63) is 95.1 Å². The quantitative estimate of drug-likeness (QED) is 0.529. The number of hydrogen-bond donors (Lipinski definition) is 2. The van der Waals surface area contributed by atoms with Gasteiger partial charge in [0.1, 0.15) is 12.6 Å². The number of nitrogens with two attached hydrogens (primary N) is 1. The minimum Gasteiger partial charge on any atom is -0.480 e. The maximum atomic E-state index is 12.8. The fourth-order valence-electron chi connectivity index (χ4n) is 4.49. The Hall–Kier alpha value is -4.13. The van der Waals surface area contributed by atoms with E-state index in [4.69, 9.17) is 10.5 Å². The fourth-order valence-corrected chi connectivity index (χ4v) is 4.49. The molecule has 7 heteroatoms. The van der Waals surface area contributed by atoms with Gasteiger partial charge in [-0.2, -0.15) is 0 Å². The van der Waals surface area contributed by atoms with Gasteiger partial charge in [0.2, 0.25) is 5.91 Å². The molecule has 1 atom stereocenters. The number of hydrogen-bond acceptors (Lipinski definition) is 4. The van der Waals surface area contributed by atoms with E-state index >= 15 is 0 Å². The largest absolute Gasteiger partial charge is 0.480 e. The maximum absolute atomic E-state index is 12.8. The molecule has 3 N–H and O–H groups in total. The van der Waals surface area contributed by atoms with Crippen LogP contribution in [0.4, 0.5) is 4.79 Å². The number of carboxylic acids is 1. The fraction of sp³-hybridized carbons (Fsp3) is 0.222. The van der Waals surface area contributed by atoms with Crippen LogP contribution >= 0.6 is 0 Å². The summed E-state index contributed by atoms with van der Waals surface area (Å²) in [4.78, 5) is 37.2. The number of ether oxygens (including phenoxy) is 1. The van der Waals surface area contributed by atoms with Crippen LogP contribution in [0.3, 0.4) is 0 Å². The molecule has 0 bridgehead atoms. The van der Waals surface area contributed by atoms with Crippen LogP contribution in [0.15, 0.2) is 72.8 Å². The molecule has 1 aliphatic carbocycles. The summed E-state index contributed by atoms with van der Waals surface area (Å²) in [6.45, 7) is 0.115. The van der Waals surface area contributed by atoms with Crippen LogP contribution in [0.2, 0.25) is 0 Å². The molecule has 34 heavy (non-hydrogen) atoms. The second-order valence-corrected chi connectivity index (χ2v) is 8.37. The summed E-state index contributed by atoms with van der Waals surface area (Å²) in [7, 11) is 1.43. The summed E-state index contributed by atoms with van der Waals surface area (Å²) in [5.41, 5.74) is 10.9. The summed E-state index contributed by atoms with van der Waals surface area (Å²) in [6.07, 6.45) is -0.169. The van der Waals surface area contributed by atoms with Gasteiger partial charge in [-0.15, -0.1) is 0 Å². The number of amides is 2. The SMILES string of the molecule is CN(C(=O)OCC1c2ccccc2-c2ccccc21)[C@@H](CCc1cccc(C(N)=O)c1)C(=O)O. The summed E-state index contributed by atoms with van der Waals surface area (Å²) >= 11 is 0. The van der Waals surface area contributed by atoms with Crippen molar-refractivity contribution in [3.63, 3.8) is 0 Å². The molecule has 0 unspecified atom stereocenters. The second kappa shape index (κ2) is 9.79. The van der Waals surface area contributed by atoms with E-state index in [0.29, 0.717) is 12.0 Å². The van der Waals surface area contributed by atoms with Crippen molar-refractivity contribution < 1.29 is 24.2 Å². The minimum absolute atomic E-state index is 0.107. The number of aryl methyl sites for hydroxylation is 1. The predicted molar refractivity (Wildman–Crippen MR) is 128 cm³/mol. The molecule has 7 nitrogen and oxygen atoms in total. The monoisotopic (exact) mass is 458 g/mol. The molecule has 0 aliphatic heterocycles. The molecule has 3 aromatic rings. The molecule has 0 heterocycles. The van der Waals surface area contributed by atoms with Crippen LogP contribution in [0.1, 0.15) is 39.4 Å². The molecule has 0 saturated carbocycles. The lowest BCUT2D eigenvalue weighted by Gasteiger charge is -2.25. The van der Waals surface area contributed by atoms with Gasteiger partial charge >= 0.3 is 12.1 Å². The van der Waals surface area contributed by atoms with Crippen LogP contribution < -0.4 is 5.73 Å². The van der Waals surface area contributed by atoms with Gasteiger partial charge in [-0.1, -0.05) is 60.7 Å². The summed E-state index contributed by atoms with van der Waals surface area (Å²) in [5, 5.41) is 9.73. The molecule has 0 aromatic heterocycles. The van der Waals surface area contributed by atoms with E-state index in [2.05, 4.69) is 12.1 Å². The van der Waals surface area contributed by atoms with Crippen molar-refractivity contribution in [2.45, 2.75) is 24.8 Å². The highest BCUT2D eigenvalue weighted by atomic mass is 16.6. The van der Waals surface area contributed by atoms with E-state index in [1.807, 2.05) is 36.4 Å². The first-order chi connectivity index (χ1) is 16.4. The zero-order chi connectivity index (χ0) is 24.2. The van der Waals surface area contributed by atoms with Gasteiger partial charge in [0.15, 0.2) is 0 Å². The molecule has 0 fully saturated rings. The van der Waals surface area contributed by atoms with Gasteiger partial charge in [0.25, 0.3) is 0 Å². The Labute approximate surface area is 197 Å². The highest BCUT2D eigenvalue weighted by molar-refractivity contribution is 5.92. The molecule has 174 valence electrons. The zero-order valence-corrected chi connectivity index (χ0v) is 18.8.